The van der Waals surface area contributed by atoms with E-state index in [9.17, 15) is 4.39 Å². The zero-order chi connectivity index (χ0) is 15.1. The van der Waals surface area contributed by atoms with Crippen molar-refractivity contribution in [3.8, 4) is 11.1 Å². The van der Waals surface area contributed by atoms with Crippen molar-refractivity contribution in [2.75, 3.05) is 0 Å². The van der Waals surface area contributed by atoms with E-state index in [1.165, 1.54) is 17.2 Å². The molecule has 1 atom stereocenters. The summed E-state index contributed by atoms with van der Waals surface area (Å²) < 4.78 is 13.4. The zero-order valence-electron chi connectivity index (χ0n) is 11.9. The summed E-state index contributed by atoms with van der Waals surface area (Å²) in [6.45, 7) is 0. The number of rotatable bonds is 2. The third kappa shape index (κ3) is 2.22. The largest absolute Gasteiger partial charge is 0.207 e. The third-order valence-electron chi connectivity index (χ3n) is 4.25. The standard InChI is InChI=1S/C20H14ClF/c21-20(13-4-2-1-3-5-13)14-6-8-18-15(10-14)11-16-12-17(22)7-9-19(16)18/h1-10,12,20H,11H2. The van der Waals surface area contributed by atoms with E-state index in [2.05, 4.69) is 18.2 Å². The SMILES string of the molecule is Fc1ccc2c(c1)Cc1cc(C(Cl)c3ccccc3)ccc1-2. The Kier molecular flexibility index (Phi) is 3.24. The Labute approximate surface area is 134 Å². The molecule has 2 heteroatoms. The Bertz CT molecular complexity index is 840. The Hall–Kier alpha value is -2.12. The first-order valence-corrected chi connectivity index (χ1v) is 7.76. The Morgan fingerprint density at radius 3 is 2.23 bits per heavy atom. The van der Waals surface area contributed by atoms with Gasteiger partial charge in [0.1, 0.15) is 5.82 Å². The normalized spacial score (nSPS) is 13.5. The molecular formula is C20H14ClF. The molecule has 4 rings (SSSR count). The van der Waals surface area contributed by atoms with Crippen LogP contribution in [0.25, 0.3) is 11.1 Å². The van der Waals surface area contributed by atoms with Crippen molar-refractivity contribution < 1.29 is 4.39 Å². The number of benzene rings is 3. The van der Waals surface area contributed by atoms with Crippen LogP contribution in [0.4, 0.5) is 4.39 Å². The fraction of sp³-hybridized carbons (Fsp3) is 0.100. The Morgan fingerprint density at radius 1 is 0.773 bits per heavy atom. The number of alkyl halides is 1. The smallest absolute Gasteiger partial charge is 0.123 e. The molecule has 0 saturated heterocycles. The first-order chi connectivity index (χ1) is 10.7. The van der Waals surface area contributed by atoms with Crippen LogP contribution in [0.2, 0.25) is 0 Å². The minimum Gasteiger partial charge on any atom is -0.207 e. The topological polar surface area (TPSA) is 0 Å². The van der Waals surface area contributed by atoms with Gasteiger partial charge in [-0.2, -0.15) is 0 Å². The highest BCUT2D eigenvalue weighted by Crippen LogP contribution is 2.39. The molecule has 0 N–H and O–H groups in total. The maximum Gasteiger partial charge on any atom is 0.123 e. The van der Waals surface area contributed by atoms with Crippen LogP contribution in [0.1, 0.15) is 27.6 Å². The second-order valence-corrected chi connectivity index (χ2v) is 6.10. The molecule has 0 heterocycles. The van der Waals surface area contributed by atoms with Crippen LogP contribution >= 0.6 is 11.6 Å². The molecule has 1 aliphatic rings. The van der Waals surface area contributed by atoms with Gasteiger partial charge >= 0.3 is 0 Å². The summed E-state index contributed by atoms with van der Waals surface area (Å²) in [6, 6.07) is 21.4. The molecule has 108 valence electrons. The summed E-state index contributed by atoms with van der Waals surface area (Å²) in [5.41, 5.74) is 6.77. The summed E-state index contributed by atoms with van der Waals surface area (Å²) in [5, 5.41) is -0.160. The van der Waals surface area contributed by atoms with Crippen LogP contribution in [0.3, 0.4) is 0 Å². The van der Waals surface area contributed by atoms with Crippen LogP contribution in [-0.4, -0.2) is 0 Å². The minimum absolute atomic E-state index is 0.160. The van der Waals surface area contributed by atoms with Crippen molar-refractivity contribution in [3.05, 3.63) is 94.8 Å². The maximum atomic E-state index is 13.4. The van der Waals surface area contributed by atoms with Gasteiger partial charge in [-0.15, -0.1) is 11.6 Å². The molecule has 22 heavy (non-hydrogen) atoms. The first kappa shape index (κ1) is 13.5. The van der Waals surface area contributed by atoms with Crippen molar-refractivity contribution in [3.63, 3.8) is 0 Å². The van der Waals surface area contributed by atoms with Gasteiger partial charge in [-0.05, 0) is 51.9 Å². The van der Waals surface area contributed by atoms with E-state index >= 15 is 0 Å². The quantitative estimate of drug-likeness (QED) is 0.415. The fourth-order valence-electron chi connectivity index (χ4n) is 3.17. The number of hydrogen-bond donors (Lipinski definition) is 0. The molecule has 1 aliphatic carbocycles. The molecule has 0 spiro atoms. The average Bonchev–Trinajstić information content (AvgIpc) is 2.91. The Balaban J connectivity index is 1.73. The minimum atomic E-state index is -0.175. The van der Waals surface area contributed by atoms with Crippen molar-refractivity contribution in [2.24, 2.45) is 0 Å². The highest BCUT2D eigenvalue weighted by Gasteiger charge is 2.20. The molecule has 0 aliphatic heterocycles. The van der Waals surface area contributed by atoms with Crippen molar-refractivity contribution >= 4 is 11.6 Å². The van der Waals surface area contributed by atoms with Gasteiger partial charge in [0.2, 0.25) is 0 Å². The predicted octanol–water partition coefficient (Wildman–Crippen LogP) is 5.73. The lowest BCUT2D eigenvalue weighted by Gasteiger charge is -2.12. The lowest BCUT2D eigenvalue weighted by atomic mass is 9.99. The lowest BCUT2D eigenvalue weighted by Crippen LogP contribution is -1.94. The number of fused-ring (bicyclic) bond motifs is 3. The fourth-order valence-corrected chi connectivity index (χ4v) is 3.45. The van der Waals surface area contributed by atoms with Crippen LogP contribution in [-0.2, 0) is 6.42 Å². The van der Waals surface area contributed by atoms with Crippen LogP contribution in [0.5, 0.6) is 0 Å². The molecule has 3 aromatic rings. The molecule has 1 unspecified atom stereocenters. The van der Waals surface area contributed by atoms with Crippen molar-refractivity contribution in [1.29, 1.82) is 0 Å². The molecule has 0 bridgehead atoms. The second kappa shape index (κ2) is 5.26. The van der Waals surface area contributed by atoms with Gasteiger partial charge in [-0.3, -0.25) is 0 Å². The van der Waals surface area contributed by atoms with E-state index in [1.54, 1.807) is 6.07 Å². The average molecular weight is 309 g/mol. The van der Waals surface area contributed by atoms with E-state index in [-0.39, 0.29) is 11.2 Å². The number of hydrogen-bond acceptors (Lipinski definition) is 0. The van der Waals surface area contributed by atoms with Gasteiger partial charge in [0.25, 0.3) is 0 Å². The molecule has 0 fully saturated rings. The number of halogens is 2. The molecule has 3 aromatic carbocycles. The van der Waals surface area contributed by atoms with Crippen LogP contribution < -0.4 is 0 Å². The van der Waals surface area contributed by atoms with Gasteiger partial charge in [-0.1, -0.05) is 54.6 Å². The van der Waals surface area contributed by atoms with Crippen LogP contribution in [0, 0.1) is 5.82 Å². The molecule has 0 nitrogen and oxygen atoms in total. The molecule has 0 radical (unpaired) electrons. The van der Waals surface area contributed by atoms with Gasteiger partial charge in [0.05, 0.1) is 5.38 Å². The van der Waals surface area contributed by atoms with Crippen molar-refractivity contribution in [1.82, 2.24) is 0 Å². The summed E-state index contributed by atoms with van der Waals surface area (Å²) in [6.07, 6.45) is 0.772. The van der Waals surface area contributed by atoms with Gasteiger partial charge in [0.15, 0.2) is 0 Å². The van der Waals surface area contributed by atoms with Gasteiger partial charge in [-0.25, -0.2) is 4.39 Å². The van der Waals surface area contributed by atoms with E-state index in [1.807, 2.05) is 36.4 Å². The highest BCUT2D eigenvalue weighted by atomic mass is 35.5. The zero-order valence-corrected chi connectivity index (χ0v) is 12.6. The van der Waals surface area contributed by atoms with Gasteiger partial charge < -0.3 is 0 Å². The van der Waals surface area contributed by atoms with E-state index in [0.717, 1.165) is 28.7 Å². The monoisotopic (exact) mass is 308 g/mol. The lowest BCUT2D eigenvalue weighted by molar-refractivity contribution is 0.626. The predicted molar refractivity (Wildman–Crippen MR) is 88.8 cm³/mol. The molecular weight excluding hydrogens is 295 g/mol. The summed E-state index contributed by atoms with van der Waals surface area (Å²) in [7, 11) is 0. The molecule has 0 amide bonds. The van der Waals surface area contributed by atoms with Crippen molar-refractivity contribution in [2.45, 2.75) is 11.8 Å². The first-order valence-electron chi connectivity index (χ1n) is 7.33. The van der Waals surface area contributed by atoms with Crippen LogP contribution in [0.15, 0.2) is 66.7 Å². The summed E-state index contributed by atoms with van der Waals surface area (Å²) >= 11 is 6.61. The second-order valence-electron chi connectivity index (χ2n) is 5.67. The maximum absolute atomic E-state index is 13.4. The van der Waals surface area contributed by atoms with E-state index in [4.69, 9.17) is 11.6 Å². The van der Waals surface area contributed by atoms with E-state index in [0.29, 0.717) is 0 Å². The summed E-state index contributed by atoms with van der Waals surface area (Å²) in [5.74, 6) is -0.175. The van der Waals surface area contributed by atoms with E-state index < -0.39 is 0 Å². The highest BCUT2D eigenvalue weighted by molar-refractivity contribution is 6.22. The van der Waals surface area contributed by atoms with Gasteiger partial charge in [0, 0.05) is 0 Å². The molecule has 0 aromatic heterocycles. The Morgan fingerprint density at radius 2 is 1.45 bits per heavy atom. The summed E-state index contributed by atoms with van der Waals surface area (Å²) in [4.78, 5) is 0. The molecule has 0 saturated carbocycles. The third-order valence-corrected chi connectivity index (χ3v) is 4.76.